The molecular formula is C26H24N4O3. The van der Waals surface area contributed by atoms with Crippen LogP contribution in [0.25, 0.3) is 11.3 Å². The third-order valence-electron chi connectivity index (χ3n) is 5.02. The number of carbonyl (C=O) groups is 1. The van der Waals surface area contributed by atoms with Gasteiger partial charge < -0.3 is 15.2 Å². The number of nitrogens with two attached hydrogens (primary N) is 1. The summed E-state index contributed by atoms with van der Waals surface area (Å²) in [6.07, 6.45) is 6.94. The lowest BCUT2D eigenvalue weighted by molar-refractivity contribution is -0.119. The van der Waals surface area contributed by atoms with Crippen molar-refractivity contribution in [2.75, 3.05) is 6.61 Å². The second-order valence-corrected chi connectivity index (χ2v) is 7.36. The third kappa shape index (κ3) is 5.51. The molecule has 166 valence electrons. The van der Waals surface area contributed by atoms with Gasteiger partial charge in [0.2, 0.25) is 5.91 Å². The number of aromatic nitrogens is 3. The monoisotopic (exact) mass is 440 g/mol. The Morgan fingerprint density at radius 2 is 1.67 bits per heavy atom. The van der Waals surface area contributed by atoms with Crippen LogP contribution in [-0.4, -0.2) is 27.5 Å². The van der Waals surface area contributed by atoms with Gasteiger partial charge in [-0.3, -0.25) is 14.8 Å². The van der Waals surface area contributed by atoms with E-state index in [1.165, 1.54) is 0 Å². The number of para-hydroxylation sites is 2. The van der Waals surface area contributed by atoms with Gasteiger partial charge in [0.25, 0.3) is 0 Å². The highest BCUT2D eigenvalue weighted by Gasteiger charge is 2.21. The summed E-state index contributed by atoms with van der Waals surface area (Å²) in [6.45, 7) is 2.45. The second-order valence-electron chi connectivity index (χ2n) is 7.36. The van der Waals surface area contributed by atoms with Crippen molar-refractivity contribution in [3.05, 3.63) is 96.7 Å². The van der Waals surface area contributed by atoms with Crippen LogP contribution in [0.15, 0.2) is 85.5 Å². The van der Waals surface area contributed by atoms with Crippen molar-refractivity contribution in [3.63, 3.8) is 0 Å². The maximum atomic E-state index is 12.2. The van der Waals surface area contributed by atoms with E-state index in [1.807, 2.05) is 67.6 Å². The minimum Gasteiger partial charge on any atom is -0.490 e. The van der Waals surface area contributed by atoms with Gasteiger partial charge in [-0.15, -0.1) is 0 Å². The summed E-state index contributed by atoms with van der Waals surface area (Å²) in [4.78, 5) is 25.5. The van der Waals surface area contributed by atoms with Crippen LogP contribution in [0.5, 0.6) is 17.2 Å². The van der Waals surface area contributed by atoms with Crippen LogP contribution in [0.4, 0.5) is 0 Å². The van der Waals surface area contributed by atoms with Crippen LogP contribution in [-0.2, 0) is 11.2 Å². The van der Waals surface area contributed by atoms with Crippen molar-refractivity contribution >= 4 is 5.91 Å². The van der Waals surface area contributed by atoms with E-state index in [0.29, 0.717) is 47.2 Å². The minimum atomic E-state index is -0.592. The Bertz CT molecular complexity index is 1230. The average molecular weight is 441 g/mol. The number of primary amides is 1. The highest BCUT2D eigenvalue weighted by atomic mass is 16.5. The van der Waals surface area contributed by atoms with E-state index in [4.69, 9.17) is 15.2 Å². The standard InChI is InChI=1S/C26H24N4O3/c1-2-32-24-10-6-7-11-25(24)33-20-13-19(14-28-15-20)22-16-29-17-23(30-22)21(26(27)31)12-18-8-4-3-5-9-18/h3-11,13-17,21H,2,12H2,1H3,(H2,27,31). The molecule has 2 N–H and O–H groups in total. The predicted molar refractivity (Wildman–Crippen MR) is 125 cm³/mol. The number of rotatable bonds is 9. The summed E-state index contributed by atoms with van der Waals surface area (Å²) < 4.78 is 11.6. The minimum absolute atomic E-state index is 0.448. The zero-order chi connectivity index (χ0) is 23.0. The van der Waals surface area contributed by atoms with Gasteiger partial charge in [0, 0.05) is 18.0 Å². The van der Waals surface area contributed by atoms with Gasteiger partial charge in [0.05, 0.1) is 36.3 Å². The molecule has 0 aliphatic rings. The summed E-state index contributed by atoms with van der Waals surface area (Å²) >= 11 is 0. The molecule has 33 heavy (non-hydrogen) atoms. The molecule has 4 rings (SSSR count). The lowest BCUT2D eigenvalue weighted by Crippen LogP contribution is -2.24. The van der Waals surface area contributed by atoms with Crippen LogP contribution in [0.1, 0.15) is 24.1 Å². The van der Waals surface area contributed by atoms with Gasteiger partial charge in [-0.2, -0.15) is 0 Å². The number of nitrogens with zero attached hydrogens (tertiary/aromatic N) is 3. The Balaban J connectivity index is 1.60. The molecular weight excluding hydrogens is 416 g/mol. The molecule has 2 heterocycles. The third-order valence-corrected chi connectivity index (χ3v) is 5.02. The molecule has 0 aliphatic heterocycles. The molecule has 7 nitrogen and oxygen atoms in total. The fourth-order valence-corrected chi connectivity index (χ4v) is 3.44. The summed E-state index contributed by atoms with van der Waals surface area (Å²) in [5.41, 5.74) is 8.49. The highest BCUT2D eigenvalue weighted by molar-refractivity contribution is 5.82. The second kappa shape index (κ2) is 10.4. The molecule has 0 spiro atoms. The Kier molecular flexibility index (Phi) is 6.90. The maximum Gasteiger partial charge on any atom is 0.226 e. The fraction of sp³-hybridized carbons (Fsp3) is 0.154. The summed E-state index contributed by atoms with van der Waals surface area (Å²) in [5, 5.41) is 0. The molecule has 0 aliphatic carbocycles. The van der Waals surface area contributed by atoms with Crippen LogP contribution >= 0.6 is 0 Å². The molecule has 1 amide bonds. The van der Waals surface area contributed by atoms with Gasteiger partial charge in [0.15, 0.2) is 11.5 Å². The van der Waals surface area contributed by atoms with Crippen LogP contribution < -0.4 is 15.2 Å². The van der Waals surface area contributed by atoms with Crippen LogP contribution in [0, 0.1) is 0 Å². The molecule has 1 unspecified atom stereocenters. The average Bonchev–Trinajstić information content (AvgIpc) is 2.85. The number of hydrogen-bond acceptors (Lipinski definition) is 6. The molecule has 0 saturated heterocycles. The number of carbonyl (C=O) groups excluding carboxylic acids is 1. The summed E-state index contributed by atoms with van der Waals surface area (Å²) in [5.74, 6) is 0.730. The number of hydrogen-bond donors (Lipinski definition) is 1. The van der Waals surface area contributed by atoms with Gasteiger partial charge in [-0.05, 0) is 37.1 Å². The molecule has 0 bridgehead atoms. The van der Waals surface area contributed by atoms with E-state index in [9.17, 15) is 4.79 Å². The molecule has 7 heteroatoms. The molecule has 0 radical (unpaired) electrons. The Morgan fingerprint density at radius 3 is 2.42 bits per heavy atom. The van der Waals surface area contributed by atoms with E-state index in [2.05, 4.69) is 15.0 Å². The van der Waals surface area contributed by atoms with Crippen LogP contribution in [0.3, 0.4) is 0 Å². The first-order valence-electron chi connectivity index (χ1n) is 10.6. The Morgan fingerprint density at radius 1 is 0.939 bits per heavy atom. The number of ether oxygens (including phenoxy) is 2. The first-order valence-corrected chi connectivity index (χ1v) is 10.6. The van der Waals surface area contributed by atoms with E-state index in [0.717, 1.165) is 5.56 Å². The van der Waals surface area contributed by atoms with Crippen molar-refractivity contribution in [2.24, 2.45) is 5.73 Å². The number of amides is 1. The molecule has 4 aromatic rings. The first-order chi connectivity index (χ1) is 16.1. The highest BCUT2D eigenvalue weighted by Crippen LogP contribution is 2.32. The van der Waals surface area contributed by atoms with Gasteiger partial charge in [-0.25, -0.2) is 4.98 Å². The van der Waals surface area contributed by atoms with E-state index < -0.39 is 11.8 Å². The van der Waals surface area contributed by atoms with E-state index in [1.54, 1.807) is 24.8 Å². The van der Waals surface area contributed by atoms with Crippen molar-refractivity contribution < 1.29 is 14.3 Å². The maximum absolute atomic E-state index is 12.2. The van der Waals surface area contributed by atoms with E-state index >= 15 is 0 Å². The fourth-order valence-electron chi connectivity index (χ4n) is 3.44. The summed E-state index contributed by atoms with van der Waals surface area (Å²) in [6, 6.07) is 19.0. The smallest absolute Gasteiger partial charge is 0.226 e. The largest absolute Gasteiger partial charge is 0.490 e. The molecule has 1 atom stereocenters. The Hall–Kier alpha value is -4.26. The quantitative estimate of drug-likeness (QED) is 0.410. The zero-order valence-corrected chi connectivity index (χ0v) is 18.2. The van der Waals surface area contributed by atoms with Gasteiger partial charge in [-0.1, -0.05) is 42.5 Å². The lowest BCUT2D eigenvalue weighted by Gasteiger charge is -2.14. The lowest BCUT2D eigenvalue weighted by atomic mass is 9.95. The molecule has 2 aromatic heterocycles. The van der Waals surface area contributed by atoms with Crippen molar-refractivity contribution in [3.8, 4) is 28.5 Å². The molecule has 2 aromatic carbocycles. The predicted octanol–water partition coefficient (Wildman–Crippen LogP) is 4.54. The molecule has 0 fully saturated rings. The van der Waals surface area contributed by atoms with Crippen molar-refractivity contribution in [2.45, 2.75) is 19.3 Å². The topological polar surface area (TPSA) is 100 Å². The zero-order valence-electron chi connectivity index (χ0n) is 18.2. The normalized spacial score (nSPS) is 11.5. The summed E-state index contributed by atoms with van der Waals surface area (Å²) in [7, 11) is 0. The van der Waals surface area contributed by atoms with Gasteiger partial charge in [0.1, 0.15) is 5.75 Å². The van der Waals surface area contributed by atoms with Crippen LogP contribution in [0.2, 0.25) is 0 Å². The molecule has 0 saturated carbocycles. The Labute approximate surface area is 192 Å². The SMILES string of the molecule is CCOc1ccccc1Oc1cncc(-c2cncc(C(Cc3ccccc3)C(N)=O)n2)c1. The van der Waals surface area contributed by atoms with Crippen molar-refractivity contribution in [1.82, 2.24) is 15.0 Å². The number of benzene rings is 2. The number of pyridine rings is 1. The first kappa shape index (κ1) is 22.0. The van der Waals surface area contributed by atoms with Gasteiger partial charge >= 0.3 is 0 Å². The van der Waals surface area contributed by atoms with Crippen molar-refractivity contribution in [1.29, 1.82) is 0 Å². The van der Waals surface area contributed by atoms with E-state index in [-0.39, 0.29) is 0 Å².